The topological polar surface area (TPSA) is 52.0 Å². The number of fused-ring (bicyclic) bond motifs is 1. The summed E-state index contributed by atoms with van der Waals surface area (Å²) in [5, 5.41) is 3.95. The van der Waals surface area contributed by atoms with Gasteiger partial charge < -0.3 is 14.6 Å². The Morgan fingerprint density at radius 1 is 1.35 bits per heavy atom. The fourth-order valence-corrected chi connectivity index (χ4v) is 3.53. The van der Waals surface area contributed by atoms with Gasteiger partial charge in [-0.15, -0.1) is 0 Å². The van der Waals surface area contributed by atoms with Crippen molar-refractivity contribution >= 4 is 16.6 Å². The number of benzene rings is 1. The Morgan fingerprint density at radius 2 is 2.19 bits per heavy atom. The number of halogens is 2. The van der Waals surface area contributed by atoms with Crippen molar-refractivity contribution in [3.8, 4) is 0 Å². The summed E-state index contributed by atoms with van der Waals surface area (Å²) in [5.41, 5.74) is 1.43. The summed E-state index contributed by atoms with van der Waals surface area (Å²) in [5.74, 6) is -0.659. The average molecular weight is 358 g/mol. The van der Waals surface area contributed by atoms with Gasteiger partial charge in [0.05, 0.1) is 0 Å². The van der Waals surface area contributed by atoms with E-state index in [1.165, 1.54) is 0 Å². The molecule has 1 aliphatic heterocycles. The fourth-order valence-electron chi connectivity index (χ4n) is 3.53. The Bertz CT molecular complexity index is 956. The maximum Gasteiger partial charge on any atom is 0.185 e. The van der Waals surface area contributed by atoms with Crippen molar-refractivity contribution in [1.82, 2.24) is 14.5 Å². The number of imidazole rings is 1. The zero-order valence-corrected chi connectivity index (χ0v) is 14.7. The minimum absolute atomic E-state index is 0.0517. The van der Waals surface area contributed by atoms with Crippen molar-refractivity contribution < 1.29 is 13.5 Å². The van der Waals surface area contributed by atoms with Crippen LogP contribution >= 0.6 is 0 Å². The smallest absolute Gasteiger partial charge is 0.185 e. The fraction of sp³-hybridized carbons (Fsp3) is 0.368. The molecule has 3 heterocycles. The van der Waals surface area contributed by atoms with Gasteiger partial charge in [0.1, 0.15) is 17.4 Å². The molecule has 0 unspecified atom stereocenters. The molecule has 136 valence electrons. The summed E-state index contributed by atoms with van der Waals surface area (Å²) in [7, 11) is 1.95. The summed E-state index contributed by atoms with van der Waals surface area (Å²) >= 11 is 0. The third kappa shape index (κ3) is 2.92. The largest absolute Gasteiger partial charge is 0.384 e. The number of nitrogens with zero attached hydrogens (tertiary/aromatic N) is 3. The van der Waals surface area contributed by atoms with Gasteiger partial charge in [-0.25, -0.2) is 18.7 Å². The number of aromatic nitrogens is 3. The van der Waals surface area contributed by atoms with Gasteiger partial charge in [-0.05, 0) is 31.5 Å². The number of hydrogen-bond donors (Lipinski definition) is 1. The predicted octanol–water partition coefficient (Wildman–Crippen LogP) is 3.74. The molecule has 2 aromatic heterocycles. The molecule has 26 heavy (non-hydrogen) atoms. The molecule has 0 radical (unpaired) electrons. The first-order valence-corrected chi connectivity index (χ1v) is 8.62. The second-order valence-corrected chi connectivity index (χ2v) is 6.69. The first kappa shape index (κ1) is 16.9. The lowest BCUT2D eigenvalue weighted by Gasteiger charge is -2.20. The Balaban J connectivity index is 1.60. The van der Waals surface area contributed by atoms with Gasteiger partial charge in [0.2, 0.25) is 0 Å². The molecule has 0 saturated carbocycles. The summed E-state index contributed by atoms with van der Waals surface area (Å²) < 4.78 is 35.5. The molecule has 2 atom stereocenters. The molecule has 1 fully saturated rings. The molecule has 0 aliphatic carbocycles. The van der Waals surface area contributed by atoms with Gasteiger partial charge in [-0.3, -0.25) is 0 Å². The Kier molecular flexibility index (Phi) is 4.32. The number of rotatable bonds is 4. The molecule has 0 spiro atoms. The van der Waals surface area contributed by atoms with Crippen LogP contribution in [0.5, 0.6) is 0 Å². The average Bonchev–Trinajstić information content (AvgIpc) is 3.24. The van der Waals surface area contributed by atoms with E-state index in [1.54, 1.807) is 19.2 Å². The van der Waals surface area contributed by atoms with Crippen molar-refractivity contribution in [2.45, 2.75) is 19.4 Å². The number of nitrogens with one attached hydrogen (secondary N) is 1. The van der Waals surface area contributed by atoms with E-state index in [1.807, 2.05) is 23.9 Å². The van der Waals surface area contributed by atoms with Crippen LogP contribution in [-0.2, 0) is 11.8 Å². The van der Waals surface area contributed by atoms with Gasteiger partial charge in [0, 0.05) is 55.3 Å². The molecule has 5 nitrogen and oxygen atoms in total. The van der Waals surface area contributed by atoms with Crippen LogP contribution in [0.3, 0.4) is 0 Å². The van der Waals surface area contributed by atoms with Crippen LogP contribution in [0.2, 0.25) is 0 Å². The quantitative estimate of drug-likeness (QED) is 0.772. The van der Waals surface area contributed by atoms with Gasteiger partial charge in [-0.1, -0.05) is 0 Å². The van der Waals surface area contributed by atoms with Gasteiger partial charge in [-0.2, -0.15) is 0 Å². The van der Waals surface area contributed by atoms with Crippen LogP contribution in [-0.4, -0.2) is 27.7 Å². The molecule has 1 aromatic carbocycles. The van der Waals surface area contributed by atoms with Crippen molar-refractivity contribution in [3.63, 3.8) is 0 Å². The predicted molar refractivity (Wildman–Crippen MR) is 94.9 cm³/mol. The van der Waals surface area contributed by atoms with Crippen LogP contribution < -0.4 is 5.32 Å². The SMILES string of the molecule is Cc1cc(NC[C@@H]2CCO[C@H]2c2nccn2C)c2ccc(F)c(F)c2n1. The molecule has 7 heteroatoms. The van der Waals surface area contributed by atoms with Crippen molar-refractivity contribution in [2.75, 3.05) is 18.5 Å². The molecule has 0 amide bonds. The Hall–Kier alpha value is -2.54. The molecule has 3 aromatic rings. The van der Waals surface area contributed by atoms with Crippen LogP contribution in [0.15, 0.2) is 30.6 Å². The van der Waals surface area contributed by atoms with E-state index in [4.69, 9.17) is 4.74 Å². The monoisotopic (exact) mass is 358 g/mol. The van der Waals surface area contributed by atoms with Crippen LogP contribution in [0.25, 0.3) is 10.9 Å². The summed E-state index contributed by atoms with van der Waals surface area (Å²) in [6.07, 6.45) is 4.50. The Morgan fingerprint density at radius 3 is 2.96 bits per heavy atom. The summed E-state index contributed by atoms with van der Waals surface area (Å²) in [6, 6.07) is 4.55. The zero-order chi connectivity index (χ0) is 18.3. The first-order chi connectivity index (χ1) is 12.5. The van der Waals surface area contributed by atoms with E-state index in [0.29, 0.717) is 24.2 Å². The molecule has 1 aliphatic rings. The van der Waals surface area contributed by atoms with Gasteiger partial charge in [0.15, 0.2) is 11.6 Å². The van der Waals surface area contributed by atoms with E-state index in [-0.39, 0.29) is 17.5 Å². The highest BCUT2D eigenvalue weighted by atomic mass is 19.2. The minimum atomic E-state index is -0.913. The molecule has 0 bridgehead atoms. The van der Waals surface area contributed by atoms with Crippen LogP contribution in [0.4, 0.5) is 14.5 Å². The number of anilines is 1. The highest BCUT2D eigenvalue weighted by Crippen LogP contribution is 2.34. The minimum Gasteiger partial charge on any atom is -0.384 e. The van der Waals surface area contributed by atoms with E-state index in [0.717, 1.165) is 24.0 Å². The maximum atomic E-state index is 14.1. The first-order valence-electron chi connectivity index (χ1n) is 8.62. The summed E-state index contributed by atoms with van der Waals surface area (Å²) in [4.78, 5) is 8.55. The van der Waals surface area contributed by atoms with Crippen LogP contribution in [0, 0.1) is 24.5 Å². The van der Waals surface area contributed by atoms with E-state index in [9.17, 15) is 8.78 Å². The highest BCUT2D eigenvalue weighted by molar-refractivity contribution is 5.91. The van der Waals surface area contributed by atoms with Gasteiger partial charge in [0.25, 0.3) is 0 Å². The molecule has 4 rings (SSSR count). The number of pyridine rings is 1. The molecular formula is C19H20F2N4O. The zero-order valence-electron chi connectivity index (χ0n) is 14.7. The third-order valence-electron chi connectivity index (χ3n) is 4.88. The molecule has 1 N–H and O–H groups in total. The van der Waals surface area contributed by atoms with E-state index < -0.39 is 11.6 Å². The van der Waals surface area contributed by atoms with E-state index in [2.05, 4.69) is 15.3 Å². The third-order valence-corrected chi connectivity index (χ3v) is 4.88. The van der Waals surface area contributed by atoms with Crippen molar-refractivity contribution in [2.24, 2.45) is 13.0 Å². The second-order valence-electron chi connectivity index (χ2n) is 6.69. The van der Waals surface area contributed by atoms with Gasteiger partial charge >= 0.3 is 0 Å². The normalized spacial score (nSPS) is 20.0. The molecule has 1 saturated heterocycles. The standard InChI is InChI=1S/C19H20F2N4O/c1-11-9-15(13-3-4-14(20)16(21)17(13)24-11)23-10-12-5-8-26-18(12)19-22-6-7-25(19)2/h3-4,6-7,9,12,18H,5,8,10H2,1-2H3,(H,23,24)/t12-,18+/m0/s1. The number of ether oxygens (including phenoxy) is 1. The lowest BCUT2D eigenvalue weighted by atomic mass is 10.0. The molecular weight excluding hydrogens is 338 g/mol. The van der Waals surface area contributed by atoms with Crippen LogP contribution in [0.1, 0.15) is 24.0 Å². The highest BCUT2D eigenvalue weighted by Gasteiger charge is 2.32. The number of aryl methyl sites for hydroxylation is 2. The summed E-state index contributed by atoms with van der Waals surface area (Å²) in [6.45, 7) is 3.10. The lowest BCUT2D eigenvalue weighted by molar-refractivity contribution is 0.0839. The Labute approximate surface area is 150 Å². The lowest BCUT2D eigenvalue weighted by Crippen LogP contribution is -2.20. The van der Waals surface area contributed by atoms with Crippen molar-refractivity contribution in [1.29, 1.82) is 0 Å². The van der Waals surface area contributed by atoms with E-state index >= 15 is 0 Å². The van der Waals surface area contributed by atoms with Crippen molar-refractivity contribution in [3.05, 3.63) is 53.7 Å². The maximum absolute atomic E-state index is 14.1. The number of hydrogen-bond acceptors (Lipinski definition) is 4. The second kappa shape index (κ2) is 6.64.